The molecular formula is C20H19FN2O5. The summed E-state index contributed by atoms with van der Waals surface area (Å²) in [6.07, 6.45) is 1.25. The van der Waals surface area contributed by atoms with Gasteiger partial charge in [0, 0.05) is 11.6 Å². The van der Waals surface area contributed by atoms with E-state index < -0.39 is 29.7 Å². The van der Waals surface area contributed by atoms with Crippen LogP contribution in [0.25, 0.3) is 6.08 Å². The fraction of sp³-hybridized carbons (Fsp3) is 0.150. The first-order chi connectivity index (χ1) is 13.4. The smallest absolute Gasteiger partial charge is 0.331 e. The van der Waals surface area contributed by atoms with E-state index in [2.05, 4.69) is 10.9 Å². The Kier molecular flexibility index (Phi) is 7.27. The van der Waals surface area contributed by atoms with E-state index in [0.29, 0.717) is 11.1 Å². The second-order valence-electron chi connectivity index (χ2n) is 5.62. The second-order valence-corrected chi connectivity index (χ2v) is 5.62. The standard InChI is InChI=1S/C20H19FN2O5/c1-13(19(25)22-23-20(26)15-6-4-3-5-7-15)28-18(24)11-9-14-8-10-17(27-2)16(21)12-14/h3-13H,1-2H3,(H,22,25)(H,23,26)/b11-9+/t13-/m0/s1. The lowest BCUT2D eigenvalue weighted by Gasteiger charge is -2.13. The normalized spacial score (nSPS) is 11.5. The number of hydrazine groups is 1. The van der Waals surface area contributed by atoms with Crippen molar-refractivity contribution in [1.82, 2.24) is 10.9 Å². The van der Waals surface area contributed by atoms with Crippen LogP contribution >= 0.6 is 0 Å². The van der Waals surface area contributed by atoms with Crippen molar-refractivity contribution < 1.29 is 28.2 Å². The number of nitrogens with one attached hydrogen (secondary N) is 2. The van der Waals surface area contributed by atoms with Crippen LogP contribution in [0.15, 0.2) is 54.6 Å². The Morgan fingerprint density at radius 1 is 1.07 bits per heavy atom. The number of ether oxygens (including phenoxy) is 2. The van der Waals surface area contributed by atoms with Gasteiger partial charge < -0.3 is 9.47 Å². The number of hydrogen-bond acceptors (Lipinski definition) is 5. The molecule has 8 heteroatoms. The number of amides is 2. The number of esters is 1. The van der Waals surface area contributed by atoms with Gasteiger partial charge >= 0.3 is 5.97 Å². The van der Waals surface area contributed by atoms with Crippen molar-refractivity contribution in [1.29, 1.82) is 0 Å². The third-order valence-corrected chi connectivity index (χ3v) is 3.59. The molecule has 2 N–H and O–H groups in total. The van der Waals surface area contributed by atoms with Crippen molar-refractivity contribution in [2.24, 2.45) is 0 Å². The molecule has 0 aliphatic heterocycles. The Morgan fingerprint density at radius 3 is 2.43 bits per heavy atom. The average Bonchev–Trinajstić information content (AvgIpc) is 2.70. The zero-order valence-electron chi connectivity index (χ0n) is 15.3. The van der Waals surface area contributed by atoms with Crippen LogP contribution in [-0.4, -0.2) is 31.0 Å². The molecule has 0 unspecified atom stereocenters. The van der Waals surface area contributed by atoms with Crippen LogP contribution in [0.2, 0.25) is 0 Å². The van der Waals surface area contributed by atoms with E-state index in [1.165, 1.54) is 32.2 Å². The molecule has 146 valence electrons. The third kappa shape index (κ3) is 5.94. The van der Waals surface area contributed by atoms with Crippen LogP contribution in [-0.2, 0) is 14.3 Å². The highest BCUT2D eigenvalue weighted by atomic mass is 19.1. The minimum Gasteiger partial charge on any atom is -0.494 e. The van der Waals surface area contributed by atoms with E-state index >= 15 is 0 Å². The highest BCUT2D eigenvalue weighted by molar-refractivity contribution is 5.96. The quantitative estimate of drug-likeness (QED) is 0.451. The maximum absolute atomic E-state index is 13.6. The summed E-state index contributed by atoms with van der Waals surface area (Å²) >= 11 is 0. The third-order valence-electron chi connectivity index (χ3n) is 3.59. The molecule has 0 bridgehead atoms. The van der Waals surface area contributed by atoms with Crippen molar-refractivity contribution in [2.75, 3.05) is 7.11 Å². The SMILES string of the molecule is COc1ccc(/C=C/C(=O)O[C@@H](C)C(=O)NNC(=O)c2ccccc2)cc1F. The molecule has 2 aromatic rings. The lowest BCUT2D eigenvalue weighted by Crippen LogP contribution is -2.46. The second kappa shape index (κ2) is 9.86. The molecule has 0 aromatic heterocycles. The van der Waals surface area contributed by atoms with Crippen molar-refractivity contribution in [2.45, 2.75) is 13.0 Å². The molecule has 0 aliphatic carbocycles. The Balaban J connectivity index is 1.83. The first-order valence-electron chi connectivity index (χ1n) is 8.28. The van der Waals surface area contributed by atoms with Crippen molar-refractivity contribution in [3.8, 4) is 5.75 Å². The van der Waals surface area contributed by atoms with Gasteiger partial charge in [0.2, 0.25) is 0 Å². The number of benzene rings is 2. The predicted octanol–water partition coefficient (Wildman–Crippen LogP) is 2.24. The minimum absolute atomic E-state index is 0.0857. The maximum Gasteiger partial charge on any atom is 0.331 e. The van der Waals surface area contributed by atoms with Gasteiger partial charge in [-0.1, -0.05) is 24.3 Å². The van der Waals surface area contributed by atoms with Crippen LogP contribution in [0.5, 0.6) is 5.75 Å². The molecule has 0 radical (unpaired) electrons. The molecule has 0 heterocycles. The molecule has 2 amide bonds. The average molecular weight is 386 g/mol. The first kappa shape index (κ1) is 20.6. The summed E-state index contributed by atoms with van der Waals surface area (Å²) in [6.45, 7) is 1.35. The van der Waals surface area contributed by atoms with Crippen molar-refractivity contribution in [3.05, 3.63) is 71.6 Å². The number of rotatable bonds is 6. The summed E-state index contributed by atoms with van der Waals surface area (Å²) in [4.78, 5) is 35.6. The lowest BCUT2D eigenvalue weighted by molar-refractivity contribution is -0.150. The fourth-order valence-electron chi connectivity index (χ4n) is 2.10. The molecular weight excluding hydrogens is 367 g/mol. The van der Waals surface area contributed by atoms with Crippen LogP contribution in [0, 0.1) is 5.82 Å². The zero-order valence-corrected chi connectivity index (χ0v) is 15.3. The highest BCUT2D eigenvalue weighted by Gasteiger charge is 2.17. The first-order valence-corrected chi connectivity index (χ1v) is 8.28. The van der Waals surface area contributed by atoms with Crippen LogP contribution < -0.4 is 15.6 Å². The molecule has 0 fully saturated rings. The molecule has 7 nitrogen and oxygen atoms in total. The monoisotopic (exact) mass is 386 g/mol. The molecule has 28 heavy (non-hydrogen) atoms. The van der Waals surface area contributed by atoms with Gasteiger partial charge in [-0.2, -0.15) is 0 Å². The number of methoxy groups -OCH3 is 1. The van der Waals surface area contributed by atoms with E-state index in [-0.39, 0.29) is 5.75 Å². The largest absolute Gasteiger partial charge is 0.494 e. The Labute approximate surface area is 161 Å². The molecule has 1 atom stereocenters. The summed E-state index contributed by atoms with van der Waals surface area (Å²) in [5, 5.41) is 0. The van der Waals surface area contributed by atoms with E-state index in [1.54, 1.807) is 36.4 Å². The van der Waals surface area contributed by atoms with Gasteiger partial charge in [-0.25, -0.2) is 9.18 Å². The molecule has 0 saturated heterocycles. The maximum atomic E-state index is 13.6. The molecule has 2 rings (SSSR count). The number of carbonyl (C=O) groups is 3. The van der Waals surface area contributed by atoms with Crippen LogP contribution in [0.3, 0.4) is 0 Å². The number of hydrogen-bond donors (Lipinski definition) is 2. The van der Waals surface area contributed by atoms with Crippen LogP contribution in [0.1, 0.15) is 22.8 Å². The summed E-state index contributed by atoms with van der Waals surface area (Å²) in [7, 11) is 1.35. The van der Waals surface area contributed by atoms with Gasteiger partial charge in [0.25, 0.3) is 11.8 Å². The summed E-state index contributed by atoms with van der Waals surface area (Å²) < 4.78 is 23.3. The highest BCUT2D eigenvalue weighted by Crippen LogP contribution is 2.18. The minimum atomic E-state index is -1.15. The molecule has 0 aliphatic rings. The van der Waals surface area contributed by atoms with E-state index in [1.807, 2.05) is 0 Å². The van der Waals surface area contributed by atoms with E-state index in [0.717, 1.165) is 6.08 Å². The van der Waals surface area contributed by atoms with Gasteiger partial charge in [-0.05, 0) is 42.8 Å². The lowest BCUT2D eigenvalue weighted by atomic mass is 10.2. The van der Waals surface area contributed by atoms with Gasteiger partial charge in [0.15, 0.2) is 17.7 Å². The van der Waals surface area contributed by atoms with Gasteiger partial charge in [-0.3, -0.25) is 20.4 Å². The van der Waals surface area contributed by atoms with E-state index in [4.69, 9.17) is 9.47 Å². The number of halogens is 1. The summed E-state index contributed by atoms with van der Waals surface area (Å²) in [6, 6.07) is 12.5. The topological polar surface area (TPSA) is 93.7 Å². The molecule has 0 saturated carbocycles. The van der Waals surface area contributed by atoms with Crippen molar-refractivity contribution in [3.63, 3.8) is 0 Å². The predicted molar refractivity (Wildman–Crippen MR) is 99.6 cm³/mol. The summed E-state index contributed by atoms with van der Waals surface area (Å²) in [5.74, 6) is -2.49. The number of carbonyl (C=O) groups excluding carboxylic acids is 3. The van der Waals surface area contributed by atoms with Crippen LogP contribution in [0.4, 0.5) is 4.39 Å². The van der Waals surface area contributed by atoms with Gasteiger partial charge in [-0.15, -0.1) is 0 Å². The van der Waals surface area contributed by atoms with Gasteiger partial charge in [0.1, 0.15) is 0 Å². The molecule has 0 spiro atoms. The molecule has 2 aromatic carbocycles. The zero-order chi connectivity index (χ0) is 20.5. The Hall–Kier alpha value is -3.68. The summed E-state index contributed by atoms with van der Waals surface area (Å²) in [5.41, 5.74) is 5.19. The Bertz CT molecular complexity index is 883. The Morgan fingerprint density at radius 2 is 1.79 bits per heavy atom. The van der Waals surface area contributed by atoms with E-state index in [9.17, 15) is 18.8 Å². The fourth-order valence-corrected chi connectivity index (χ4v) is 2.10. The van der Waals surface area contributed by atoms with Crippen molar-refractivity contribution >= 4 is 23.9 Å². The van der Waals surface area contributed by atoms with Gasteiger partial charge in [0.05, 0.1) is 7.11 Å².